The molecule has 3 rings (SSSR count). The maximum atomic E-state index is 13.0. The van der Waals surface area contributed by atoms with Crippen molar-refractivity contribution in [1.82, 2.24) is 8.96 Å². The summed E-state index contributed by atoms with van der Waals surface area (Å²) in [5.74, 6) is -0.901. The fraction of sp³-hybridized carbons (Fsp3) is 0.176. The van der Waals surface area contributed by atoms with Crippen molar-refractivity contribution in [3.05, 3.63) is 60.4 Å². The SMILES string of the molecule is O=C(O)CCCc1cc2ncccc2n1S(=O)(=O)c1ccccc1. The van der Waals surface area contributed by atoms with Crippen LogP contribution in [0.5, 0.6) is 0 Å². The number of hydrogen-bond donors (Lipinski definition) is 1. The second-order valence-corrected chi connectivity index (χ2v) is 7.16. The van der Waals surface area contributed by atoms with E-state index in [4.69, 9.17) is 5.11 Å². The van der Waals surface area contributed by atoms with Crippen molar-refractivity contribution >= 4 is 27.0 Å². The fourth-order valence-corrected chi connectivity index (χ4v) is 4.22. The van der Waals surface area contributed by atoms with Crippen molar-refractivity contribution in [2.75, 3.05) is 0 Å². The van der Waals surface area contributed by atoms with Gasteiger partial charge in [-0.2, -0.15) is 0 Å². The third kappa shape index (κ3) is 3.03. The molecule has 0 fully saturated rings. The second kappa shape index (κ2) is 6.45. The van der Waals surface area contributed by atoms with Gasteiger partial charge in [0.1, 0.15) is 0 Å². The van der Waals surface area contributed by atoms with Crippen LogP contribution in [0.1, 0.15) is 18.5 Å². The third-order valence-electron chi connectivity index (χ3n) is 3.70. The van der Waals surface area contributed by atoms with Gasteiger partial charge in [-0.1, -0.05) is 18.2 Å². The molecule has 0 amide bonds. The van der Waals surface area contributed by atoms with E-state index < -0.39 is 16.0 Å². The summed E-state index contributed by atoms with van der Waals surface area (Å²) >= 11 is 0. The van der Waals surface area contributed by atoms with E-state index in [1.807, 2.05) is 0 Å². The molecule has 0 radical (unpaired) electrons. The zero-order valence-electron chi connectivity index (χ0n) is 12.8. The molecule has 3 aromatic rings. The number of aliphatic carboxylic acids is 1. The molecule has 0 aliphatic rings. The standard InChI is InChI=1S/C17H16N2O4S/c20-17(21)10-4-6-13-12-15-16(9-5-11-18-15)19(13)24(22,23)14-7-2-1-3-8-14/h1-3,5,7-9,11-12H,4,6,10H2,(H,20,21). The molecule has 0 aliphatic heterocycles. The first-order chi connectivity index (χ1) is 11.5. The Morgan fingerprint density at radius 3 is 2.58 bits per heavy atom. The second-order valence-electron chi connectivity index (χ2n) is 5.37. The summed E-state index contributed by atoms with van der Waals surface area (Å²) in [7, 11) is -3.77. The van der Waals surface area contributed by atoms with Crippen LogP contribution in [0.4, 0.5) is 0 Å². The van der Waals surface area contributed by atoms with Gasteiger partial charge in [-0.25, -0.2) is 12.4 Å². The van der Waals surface area contributed by atoms with Gasteiger partial charge in [0, 0.05) is 18.3 Å². The van der Waals surface area contributed by atoms with Crippen molar-refractivity contribution < 1.29 is 18.3 Å². The smallest absolute Gasteiger partial charge is 0.303 e. The first-order valence-corrected chi connectivity index (χ1v) is 8.92. The van der Waals surface area contributed by atoms with Gasteiger partial charge >= 0.3 is 5.97 Å². The first-order valence-electron chi connectivity index (χ1n) is 7.48. The fourth-order valence-electron chi connectivity index (χ4n) is 2.64. The number of aryl methyl sites for hydroxylation is 1. The lowest BCUT2D eigenvalue weighted by Crippen LogP contribution is -2.16. The molecule has 0 saturated carbocycles. The topological polar surface area (TPSA) is 89.3 Å². The monoisotopic (exact) mass is 344 g/mol. The first kappa shape index (κ1) is 16.2. The number of carboxylic acid groups (broad SMARTS) is 1. The Kier molecular flexibility index (Phi) is 4.35. The molecular weight excluding hydrogens is 328 g/mol. The molecule has 24 heavy (non-hydrogen) atoms. The van der Waals surface area contributed by atoms with E-state index in [0.717, 1.165) is 0 Å². The van der Waals surface area contributed by atoms with Crippen LogP contribution < -0.4 is 0 Å². The lowest BCUT2D eigenvalue weighted by Gasteiger charge is -2.11. The molecule has 0 unspecified atom stereocenters. The molecule has 6 nitrogen and oxygen atoms in total. The molecule has 2 aromatic heterocycles. The predicted molar refractivity (Wildman–Crippen MR) is 89.3 cm³/mol. The highest BCUT2D eigenvalue weighted by molar-refractivity contribution is 7.90. The van der Waals surface area contributed by atoms with Gasteiger partial charge in [0.05, 0.1) is 15.9 Å². The Hall–Kier alpha value is -2.67. The van der Waals surface area contributed by atoms with Gasteiger partial charge in [-0.15, -0.1) is 0 Å². The summed E-state index contributed by atoms with van der Waals surface area (Å²) in [6.45, 7) is 0. The predicted octanol–water partition coefficient (Wildman–Crippen LogP) is 2.68. The minimum absolute atomic E-state index is 0.0136. The molecule has 0 bridgehead atoms. The highest BCUT2D eigenvalue weighted by Crippen LogP contribution is 2.25. The van der Waals surface area contributed by atoms with Crippen molar-refractivity contribution in [2.24, 2.45) is 0 Å². The summed E-state index contributed by atoms with van der Waals surface area (Å²) in [6, 6.07) is 13.3. The quantitative estimate of drug-likeness (QED) is 0.742. The summed E-state index contributed by atoms with van der Waals surface area (Å²) in [5, 5.41) is 8.80. The maximum Gasteiger partial charge on any atom is 0.303 e. The van der Waals surface area contributed by atoms with Crippen LogP contribution in [0.15, 0.2) is 59.6 Å². The number of fused-ring (bicyclic) bond motifs is 1. The number of rotatable bonds is 6. The van der Waals surface area contributed by atoms with E-state index in [1.54, 1.807) is 54.7 Å². The summed E-state index contributed by atoms with van der Waals surface area (Å²) < 4.78 is 27.4. The van der Waals surface area contributed by atoms with Crippen LogP contribution in [0.25, 0.3) is 11.0 Å². The van der Waals surface area contributed by atoms with E-state index >= 15 is 0 Å². The number of aromatic nitrogens is 2. The highest BCUT2D eigenvalue weighted by atomic mass is 32.2. The molecule has 1 N–H and O–H groups in total. The Bertz CT molecular complexity index is 978. The maximum absolute atomic E-state index is 13.0. The van der Waals surface area contributed by atoms with Crippen LogP contribution in [-0.4, -0.2) is 28.5 Å². The van der Waals surface area contributed by atoms with Gasteiger partial charge in [0.2, 0.25) is 0 Å². The van der Waals surface area contributed by atoms with Crippen molar-refractivity contribution in [1.29, 1.82) is 0 Å². The van der Waals surface area contributed by atoms with Crippen LogP contribution in [-0.2, 0) is 21.2 Å². The Morgan fingerprint density at radius 2 is 1.88 bits per heavy atom. The largest absolute Gasteiger partial charge is 0.481 e. The minimum atomic E-state index is -3.77. The van der Waals surface area contributed by atoms with Crippen LogP contribution in [0, 0.1) is 0 Å². The minimum Gasteiger partial charge on any atom is -0.481 e. The lowest BCUT2D eigenvalue weighted by molar-refractivity contribution is -0.137. The van der Waals surface area contributed by atoms with E-state index in [-0.39, 0.29) is 11.3 Å². The summed E-state index contributed by atoms with van der Waals surface area (Å²) in [4.78, 5) is 15.1. The third-order valence-corrected chi connectivity index (χ3v) is 5.48. The molecule has 7 heteroatoms. The molecular formula is C17H16N2O4S. The Balaban J connectivity index is 2.13. The molecule has 0 atom stereocenters. The van der Waals surface area contributed by atoms with E-state index in [1.165, 1.54) is 3.97 Å². The molecule has 2 heterocycles. The molecule has 0 saturated heterocycles. The zero-order valence-corrected chi connectivity index (χ0v) is 13.6. The molecule has 0 spiro atoms. The van der Waals surface area contributed by atoms with Crippen LogP contribution in [0.3, 0.4) is 0 Å². The van der Waals surface area contributed by atoms with Gasteiger partial charge in [0.15, 0.2) is 0 Å². The number of pyridine rings is 1. The summed E-state index contributed by atoms with van der Waals surface area (Å²) in [6.07, 6.45) is 2.29. The lowest BCUT2D eigenvalue weighted by atomic mass is 10.2. The normalized spacial score (nSPS) is 11.7. The van der Waals surface area contributed by atoms with E-state index in [2.05, 4.69) is 4.98 Å². The summed E-state index contributed by atoms with van der Waals surface area (Å²) in [5.41, 5.74) is 1.60. The van der Waals surface area contributed by atoms with E-state index in [0.29, 0.717) is 29.6 Å². The van der Waals surface area contributed by atoms with Crippen molar-refractivity contribution in [3.8, 4) is 0 Å². The number of carboxylic acids is 1. The molecule has 1 aromatic carbocycles. The van der Waals surface area contributed by atoms with Crippen LogP contribution >= 0.6 is 0 Å². The molecule has 0 aliphatic carbocycles. The van der Waals surface area contributed by atoms with Gasteiger partial charge in [-0.05, 0) is 43.2 Å². The highest BCUT2D eigenvalue weighted by Gasteiger charge is 2.23. The average Bonchev–Trinajstić information content (AvgIpc) is 2.94. The number of benzene rings is 1. The van der Waals surface area contributed by atoms with Gasteiger partial charge < -0.3 is 5.11 Å². The van der Waals surface area contributed by atoms with Crippen LogP contribution in [0.2, 0.25) is 0 Å². The van der Waals surface area contributed by atoms with Gasteiger partial charge in [0.25, 0.3) is 10.0 Å². The Morgan fingerprint density at radius 1 is 1.12 bits per heavy atom. The number of carbonyl (C=O) groups is 1. The molecule has 124 valence electrons. The Labute approximate surface area is 139 Å². The zero-order chi connectivity index (χ0) is 17.2. The van der Waals surface area contributed by atoms with Crippen molar-refractivity contribution in [3.63, 3.8) is 0 Å². The van der Waals surface area contributed by atoms with Gasteiger partial charge in [-0.3, -0.25) is 9.78 Å². The average molecular weight is 344 g/mol. The van der Waals surface area contributed by atoms with E-state index in [9.17, 15) is 13.2 Å². The number of nitrogens with zero attached hydrogens (tertiary/aromatic N) is 2. The van der Waals surface area contributed by atoms with Crippen molar-refractivity contribution in [2.45, 2.75) is 24.2 Å². The number of hydrogen-bond acceptors (Lipinski definition) is 4.